The van der Waals surface area contributed by atoms with Gasteiger partial charge in [0, 0.05) is 5.02 Å². The maximum absolute atomic E-state index is 12.1. The predicted octanol–water partition coefficient (Wildman–Crippen LogP) is 2.64. The Morgan fingerprint density at radius 3 is 2.36 bits per heavy atom. The van der Waals surface area contributed by atoms with E-state index in [9.17, 15) is 17.2 Å². The lowest BCUT2D eigenvalue weighted by atomic mass is 10.2. The van der Waals surface area contributed by atoms with Crippen LogP contribution < -0.4 is 0 Å². The van der Waals surface area contributed by atoms with Crippen molar-refractivity contribution in [2.75, 3.05) is 0 Å². The van der Waals surface area contributed by atoms with Crippen molar-refractivity contribution in [2.45, 2.75) is 17.6 Å². The standard InChI is InChI=1S/C8H7ClF2O2S/c1-5-4-6(2-3-7(5)9)14(12,13)8(10)11/h2-4,8H,1H3. The molecule has 0 heterocycles. The maximum Gasteiger partial charge on any atom is 0.341 e. The highest BCUT2D eigenvalue weighted by Gasteiger charge is 2.26. The van der Waals surface area contributed by atoms with Crippen LogP contribution in [0.25, 0.3) is 0 Å². The second-order valence-electron chi connectivity index (χ2n) is 2.72. The third-order valence-corrected chi connectivity index (χ3v) is 3.50. The van der Waals surface area contributed by atoms with E-state index in [0.29, 0.717) is 10.6 Å². The first-order chi connectivity index (χ1) is 6.35. The number of rotatable bonds is 2. The molecule has 0 unspecified atom stereocenters. The van der Waals surface area contributed by atoms with Crippen molar-refractivity contribution in [1.82, 2.24) is 0 Å². The van der Waals surface area contributed by atoms with Gasteiger partial charge in [0.25, 0.3) is 0 Å². The third-order valence-electron chi connectivity index (χ3n) is 1.69. The maximum atomic E-state index is 12.1. The Labute approximate surface area is 85.4 Å². The Hall–Kier alpha value is -0.680. The van der Waals surface area contributed by atoms with Crippen LogP contribution in [0, 0.1) is 6.92 Å². The first kappa shape index (κ1) is 11.4. The average Bonchev–Trinajstić information content (AvgIpc) is 2.09. The Balaban J connectivity index is 3.29. The van der Waals surface area contributed by atoms with Gasteiger partial charge < -0.3 is 0 Å². The minimum atomic E-state index is -4.51. The zero-order valence-corrected chi connectivity index (χ0v) is 8.74. The monoisotopic (exact) mass is 240 g/mol. The number of alkyl halides is 2. The van der Waals surface area contributed by atoms with E-state index < -0.39 is 20.5 Å². The lowest BCUT2D eigenvalue weighted by molar-refractivity contribution is 0.234. The summed E-state index contributed by atoms with van der Waals surface area (Å²) in [5, 5.41) is 0.346. The van der Waals surface area contributed by atoms with Crippen LogP contribution >= 0.6 is 11.6 Å². The first-order valence-electron chi connectivity index (χ1n) is 3.64. The topological polar surface area (TPSA) is 34.1 Å². The number of benzene rings is 1. The van der Waals surface area contributed by atoms with Crippen LogP contribution in [0.3, 0.4) is 0 Å². The molecule has 0 aromatic heterocycles. The number of hydrogen-bond acceptors (Lipinski definition) is 2. The zero-order chi connectivity index (χ0) is 10.9. The summed E-state index contributed by atoms with van der Waals surface area (Å²) in [4.78, 5) is -0.408. The van der Waals surface area contributed by atoms with E-state index in [1.165, 1.54) is 6.07 Å². The van der Waals surface area contributed by atoms with E-state index in [1.54, 1.807) is 6.92 Å². The molecule has 0 aliphatic rings. The molecule has 2 nitrogen and oxygen atoms in total. The van der Waals surface area contributed by atoms with Gasteiger partial charge in [0.1, 0.15) is 0 Å². The van der Waals surface area contributed by atoms with Gasteiger partial charge in [0.05, 0.1) is 4.90 Å². The molecule has 1 rings (SSSR count). The first-order valence-corrected chi connectivity index (χ1v) is 5.56. The summed E-state index contributed by atoms with van der Waals surface area (Å²) in [6.07, 6.45) is 0. The van der Waals surface area contributed by atoms with E-state index in [0.717, 1.165) is 12.1 Å². The van der Waals surface area contributed by atoms with E-state index in [1.807, 2.05) is 0 Å². The fourth-order valence-electron chi connectivity index (χ4n) is 0.897. The van der Waals surface area contributed by atoms with Crippen molar-refractivity contribution in [3.05, 3.63) is 28.8 Å². The Morgan fingerprint density at radius 2 is 1.93 bits per heavy atom. The van der Waals surface area contributed by atoms with Gasteiger partial charge in [-0.15, -0.1) is 0 Å². The number of sulfone groups is 1. The van der Waals surface area contributed by atoms with Gasteiger partial charge in [-0.2, -0.15) is 8.78 Å². The SMILES string of the molecule is Cc1cc(S(=O)(=O)C(F)F)ccc1Cl. The van der Waals surface area contributed by atoms with Crippen molar-refractivity contribution >= 4 is 21.4 Å². The molecule has 0 saturated heterocycles. The highest BCUT2D eigenvalue weighted by atomic mass is 35.5. The highest BCUT2D eigenvalue weighted by Crippen LogP contribution is 2.23. The number of aryl methyl sites for hydroxylation is 1. The predicted molar refractivity (Wildman–Crippen MR) is 49.4 cm³/mol. The Kier molecular flexibility index (Phi) is 3.11. The molecule has 14 heavy (non-hydrogen) atoms. The van der Waals surface area contributed by atoms with Gasteiger partial charge in [-0.05, 0) is 30.7 Å². The second-order valence-corrected chi connectivity index (χ2v) is 5.04. The summed E-state index contributed by atoms with van der Waals surface area (Å²) < 4.78 is 46.2. The zero-order valence-electron chi connectivity index (χ0n) is 7.17. The summed E-state index contributed by atoms with van der Waals surface area (Å²) in [7, 11) is -4.51. The lowest BCUT2D eigenvalue weighted by Gasteiger charge is -2.04. The quantitative estimate of drug-likeness (QED) is 0.796. The smallest absolute Gasteiger partial charge is 0.218 e. The van der Waals surface area contributed by atoms with Crippen molar-refractivity contribution in [2.24, 2.45) is 0 Å². The van der Waals surface area contributed by atoms with Crippen LogP contribution in [-0.2, 0) is 9.84 Å². The van der Waals surface area contributed by atoms with Crippen LogP contribution in [0.2, 0.25) is 5.02 Å². The van der Waals surface area contributed by atoms with E-state index >= 15 is 0 Å². The van der Waals surface area contributed by atoms with Gasteiger partial charge in [-0.3, -0.25) is 0 Å². The molecule has 0 spiro atoms. The summed E-state index contributed by atoms with van der Waals surface area (Å²) in [5.41, 5.74) is 0.452. The second kappa shape index (κ2) is 3.82. The molecule has 0 atom stereocenters. The fourth-order valence-corrected chi connectivity index (χ4v) is 1.82. The van der Waals surface area contributed by atoms with Crippen LogP contribution in [0.15, 0.2) is 23.1 Å². The van der Waals surface area contributed by atoms with Crippen molar-refractivity contribution in [3.63, 3.8) is 0 Å². The summed E-state index contributed by atoms with van der Waals surface area (Å²) >= 11 is 5.63. The van der Waals surface area contributed by atoms with Gasteiger partial charge in [0.15, 0.2) is 0 Å². The van der Waals surface area contributed by atoms with Gasteiger partial charge >= 0.3 is 5.76 Å². The third kappa shape index (κ3) is 2.04. The molecule has 0 aliphatic carbocycles. The summed E-state index contributed by atoms with van der Waals surface area (Å²) in [6, 6.07) is 3.48. The minimum Gasteiger partial charge on any atom is -0.218 e. The number of hydrogen-bond donors (Lipinski definition) is 0. The molecule has 1 aromatic carbocycles. The largest absolute Gasteiger partial charge is 0.341 e. The molecule has 0 N–H and O–H groups in total. The Bertz CT molecular complexity index is 443. The van der Waals surface area contributed by atoms with Gasteiger partial charge in [0.2, 0.25) is 9.84 Å². The molecule has 0 fully saturated rings. The van der Waals surface area contributed by atoms with Crippen molar-refractivity contribution < 1.29 is 17.2 Å². The van der Waals surface area contributed by atoms with Crippen LogP contribution in [-0.4, -0.2) is 14.2 Å². The minimum absolute atomic E-state index is 0.346. The average molecular weight is 241 g/mol. The molecule has 6 heteroatoms. The van der Waals surface area contributed by atoms with E-state index in [-0.39, 0.29) is 0 Å². The molecule has 0 saturated carbocycles. The summed E-state index contributed by atoms with van der Waals surface area (Å²) in [6.45, 7) is 1.55. The Morgan fingerprint density at radius 1 is 1.36 bits per heavy atom. The molecule has 78 valence electrons. The van der Waals surface area contributed by atoms with Crippen LogP contribution in [0.1, 0.15) is 5.56 Å². The molecule has 1 aromatic rings. The fraction of sp³-hybridized carbons (Fsp3) is 0.250. The van der Waals surface area contributed by atoms with Crippen molar-refractivity contribution in [1.29, 1.82) is 0 Å². The summed E-state index contributed by atoms with van der Waals surface area (Å²) in [5.74, 6) is -3.40. The molecule has 0 aliphatic heterocycles. The van der Waals surface area contributed by atoms with Gasteiger partial charge in [-0.1, -0.05) is 11.6 Å². The van der Waals surface area contributed by atoms with Crippen LogP contribution in [0.4, 0.5) is 8.78 Å². The normalized spacial score (nSPS) is 12.1. The van der Waals surface area contributed by atoms with Crippen molar-refractivity contribution in [3.8, 4) is 0 Å². The number of halogens is 3. The molecule has 0 bridgehead atoms. The molecular formula is C8H7ClF2O2S. The van der Waals surface area contributed by atoms with Crippen LogP contribution in [0.5, 0.6) is 0 Å². The molecular weight excluding hydrogens is 234 g/mol. The lowest BCUT2D eigenvalue weighted by Crippen LogP contribution is -2.11. The molecule has 0 amide bonds. The van der Waals surface area contributed by atoms with E-state index in [4.69, 9.17) is 11.6 Å². The van der Waals surface area contributed by atoms with Gasteiger partial charge in [-0.25, -0.2) is 8.42 Å². The van der Waals surface area contributed by atoms with E-state index in [2.05, 4.69) is 0 Å². The highest BCUT2D eigenvalue weighted by molar-refractivity contribution is 7.91. The molecule has 0 radical (unpaired) electrons.